The zero-order valence-corrected chi connectivity index (χ0v) is 13.0. The van der Waals surface area contributed by atoms with Gasteiger partial charge in [-0.2, -0.15) is 0 Å². The molecule has 0 saturated carbocycles. The molecule has 0 aromatic heterocycles. The van der Waals surface area contributed by atoms with E-state index in [0.29, 0.717) is 18.4 Å². The number of hydrogen-bond donors (Lipinski definition) is 1. The van der Waals surface area contributed by atoms with Gasteiger partial charge in [-0.15, -0.1) is 12.4 Å². The molecule has 1 aliphatic heterocycles. The number of hydrogen-bond acceptors (Lipinski definition) is 2. The Morgan fingerprint density at radius 1 is 1.35 bits per heavy atom. The van der Waals surface area contributed by atoms with Gasteiger partial charge in [0.25, 0.3) is 0 Å². The van der Waals surface area contributed by atoms with Crippen LogP contribution in [-0.4, -0.2) is 37.0 Å². The Morgan fingerprint density at radius 3 is 2.80 bits per heavy atom. The molecule has 1 atom stereocenters. The second-order valence-electron chi connectivity index (χ2n) is 5.31. The van der Waals surface area contributed by atoms with E-state index in [2.05, 4.69) is 29.6 Å². The molecule has 1 aliphatic rings. The molecule has 1 saturated heterocycles. The quantitative estimate of drug-likeness (QED) is 0.906. The van der Waals surface area contributed by atoms with Crippen molar-refractivity contribution < 1.29 is 4.79 Å². The fourth-order valence-electron chi connectivity index (χ4n) is 2.69. The van der Waals surface area contributed by atoms with Gasteiger partial charge in [0.05, 0.1) is 0 Å². The van der Waals surface area contributed by atoms with Crippen LogP contribution in [0.1, 0.15) is 31.2 Å². The number of likely N-dealkylation sites (tertiary alicyclic amines) is 1. The smallest absolute Gasteiger partial charge is 0.222 e. The van der Waals surface area contributed by atoms with Crippen LogP contribution in [0.5, 0.6) is 0 Å². The number of rotatable bonds is 5. The van der Waals surface area contributed by atoms with Gasteiger partial charge >= 0.3 is 0 Å². The van der Waals surface area contributed by atoms with E-state index in [1.54, 1.807) is 0 Å². The minimum absolute atomic E-state index is 0. The van der Waals surface area contributed by atoms with Crippen LogP contribution in [0.2, 0.25) is 0 Å². The number of likely N-dealkylation sites (N-methyl/N-ethyl adjacent to an activating group) is 1. The summed E-state index contributed by atoms with van der Waals surface area (Å²) in [5, 5.41) is 3.28. The standard InChI is InChI=1S/C16H24N2O.ClH/c1-17-15-10-6-12-18(13-15)16(19)11-5-9-14-7-3-2-4-8-14;/h2-4,7-8,15,17H,5-6,9-13H2,1H3;1H. The molecule has 4 heteroatoms. The third-order valence-electron chi connectivity index (χ3n) is 3.88. The highest BCUT2D eigenvalue weighted by atomic mass is 35.5. The lowest BCUT2D eigenvalue weighted by Crippen LogP contribution is -2.46. The molecule has 3 nitrogen and oxygen atoms in total. The van der Waals surface area contributed by atoms with Gasteiger partial charge in [-0.25, -0.2) is 0 Å². The van der Waals surface area contributed by atoms with Crippen LogP contribution >= 0.6 is 12.4 Å². The van der Waals surface area contributed by atoms with Crippen LogP contribution in [0.25, 0.3) is 0 Å². The highest BCUT2D eigenvalue weighted by Crippen LogP contribution is 2.12. The second kappa shape index (κ2) is 8.98. The molecule has 1 amide bonds. The Morgan fingerprint density at radius 2 is 2.10 bits per heavy atom. The fourth-order valence-corrected chi connectivity index (χ4v) is 2.69. The summed E-state index contributed by atoms with van der Waals surface area (Å²) in [5.74, 6) is 0.316. The van der Waals surface area contributed by atoms with Crippen molar-refractivity contribution in [1.29, 1.82) is 0 Å². The van der Waals surface area contributed by atoms with Crippen molar-refractivity contribution in [2.24, 2.45) is 0 Å². The zero-order valence-electron chi connectivity index (χ0n) is 12.2. The molecule has 2 rings (SSSR count). The van der Waals surface area contributed by atoms with E-state index < -0.39 is 0 Å². The van der Waals surface area contributed by atoms with Gasteiger partial charge in [-0.1, -0.05) is 30.3 Å². The van der Waals surface area contributed by atoms with Crippen LogP contribution in [0, 0.1) is 0 Å². The average Bonchev–Trinajstić information content (AvgIpc) is 2.48. The summed E-state index contributed by atoms with van der Waals surface area (Å²) in [7, 11) is 1.98. The summed E-state index contributed by atoms with van der Waals surface area (Å²) < 4.78 is 0. The molecule has 1 N–H and O–H groups in total. The van der Waals surface area contributed by atoms with Crippen LogP contribution in [0.4, 0.5) is 0 Å². The SMILES string of the molecule is CNC1CCCN(C(=O)CCCc2ccccc2)C1.Cl. The van der Waals surface area contributed by atoms with Crippen molar-refractivity contribution in [3.05, 3.63) is 35.9 Å². The second-order valence-corrected chi connectivity index (χ2v) is 5.31. The molecule has 1 fully saturated rings. The number of halogens is 1. The van der Waals surface area contributed by atoms with E-state index in [0.717, 1.165) is 32.4 Å². The summed E-state index contributed by atoms with van der Waals surface area (Å²) in [6.45, 7) is 1.81. The van der Waals surface area contributed by atoms with Gasteiger partial charge in [0, 0.05) is 25.6 Å². The number of amides is 1. The van der Waals surface area contributed by atoms with Crippen molar-refractivity contribution in [2.45, 2.75) is 38.1 Å². The summed E-state index contributed by atoms with van der Waals surface area (Å²) in [4.78, 5) is 14.2. The molecular formula is C16H25ClN2O. The van der Waals surface area contributed by atoms with Gasteiger partial charge in [0.1, 0.15) is 0 Å². The Kier molecular flexibility index (Phi) is 7.63. The van der Waals surface area contributed by atoms with Crippen molar-refractivity contribution in [2.75, 3.05) is 20.1 Å². The molecule has 1 aromatic rings. The number of carbonyl (C=O) groups is 1. The first kappa shape index (κ1) is 17.0. The number of carbonyl (C=O) groups excluding carboxylic acids is 1. The maximum Gasteiger partial charge on any atom is 0.222 e. The van der Waals surface area contributed by atoms with Crippen LogP contribution in [0.3, 0.4) is 0 Å². The van der Waals surface area contributed by atoms with Crippen molar-refractivity contribution >= 4 is 18.3 Å². The van der Waals surface area contributed by atoms with Crippen molar-refractivity contribution in [3.8, 4) is 0 Å². The normalized spacial score (nSPS) is 18.4. The third kappa shape index (κ3) is 5.14. The number of aryl methyl sites for hydroxylation is 1. The molecule has 0 spiro atoms. The Balaban J connectivity index is 0.00000200. The number of nitrogens with one attached hydrogen (secondary N) is 1. The first-order valence-electron chi connectivity index (χ1n) is 7.28. The van der Waals surface area contributed by atoms with E-state index in [4.69, 9.17) is 0 Å². The Hall–Kier alpha value is -1.06. The fraction of sp³-hybridized carbons (Fsp3) is 0.562. The maximum absolute atomic E-state index is 12.1. The molecule has 0 aliphatic carbocycles. The van der Waals surface area contributed by atoms with Crippen LogP contribution < -0.4 is 5.32 Å². The molecule has 1 heterocycles. The van der Waals surface area contributed by atoms with E-state index in [1.165, 1.54) is 12.0 Å². The highest BCUT2D eigenvalue weighted by molar-refractivity contribution is 5.85. The highest BCUT2D eigenvalue weighted by Gasteiger charge is 2.21. The molecule has 1 unspecified atom stereocenters. The van der Waals surface area contributed by atoms with Gasteiger partial charge in [0.2, 0.25) is 5.91 Å². The van der Waals surface area contributed by atoms with E-state index in [9.17, 15) is 4.79 Å². The first-order chi connectivity index (χ1) is 9.29. The monoisotopic (exact) mass is 296 g/mol. The topological polar surface area (TPSA) is 32.3 Å². The molecule has 0 bridgehead atoms. The summed E-state index contributed by atoms with van der Waals surface area (Å²) in [6, 6.07) is 10.9. The largest absolute Gasteiger partial charge is 0.341 e. The molecule has 112 valence electrons. The number of nitrogens with zero attached hydrogens (tertiary/aromatic N) is 1. The van der Waals surface area contributed by atoms with Gasteiger partial charge < -0.3 is 10.2 Å². The van der Waals surface area contributed by atoms with Crippen molar-refractivity contribution in [3.63, 3.8) is 0 Å². The maximum atomic E-state index is 12.1. The number of piperidine rings is 1. The number of benzene rings is 1. The predicted octanol–water partition coefficient (Wildman–Crippen LogP) is 2.64. The van der Waals surface area contributed by atoms with Crippen LogP contribution in [0.15, 0.2) is 30.3 Å². The molecule has 0 radical (unpaired) electrons. The minimum atomic E-state index is 0. The van der Waals surface area contributed by atoms with E-state index >= 15 is 0 Å². The summed E-state index contributed by atoms with van der Waals surface area (Å²) in [6.07, 6.45) is 4.92. The van der Waals surface area contributed by atoms with Gasteiger partial charge in [-0.3, -0.25) is 4.79 Å². The van der Waals surface area contributed by atoms with E-state index in [1.807, 2.05) is 18.0 Å². The molecule has 20 heavy (non-hydrogen) atoms. The van der Waals surface area contributed by atoms with Crippen molar-refractivity contribution in [1.82, 2.24) is 10.2 Å². The lowest BCUT2D eigenvalue weighted by atomic mass is 10.0. The van der Waals surface area contributed by atoms with Crippen LogP contribution in [-0.2, 0) is 11.2 Å². The zero-order chi connectivity index (χ0) is 13.5. The summed E-state index contributed by atoms with van der Waals surface area (Å²) in [5.41, 5.74) is 1.32. The Labute approximate surface area is 128 Å². The van der Waals surface area contributed by atoms with Gasteiger partial charge in [0.15, 0.2) is 0 Å². The summed E-state index contributed by atoms with van der Waals surface area (Å²) >= 11 is 0. The first-order valence-corrected chi connectivity index (χ1v) is 7.28. The van der Waals surface area contributed by atoms with E-state index in [-0.39, 0.29) is 12.4 Å². The third-order valence-corrected chi connectivity index (χ3v) is 3.88. The lowest BCUT2D eigenvalue weighted by Gasteiger charge is -2.32. The molecular weight excluding hydrogens is 272 g/mol. The lowest BCUT2D eigenvalue weighted by molar-refractivity contribution is -0.132. The van der Waals surface area contributed by atoms with Gasteiger partial charge in [-0.05, 0) is 38.3 Å². The molecule has 1 aromatic carbocycles. The minimum Gasteiger partial charge on any atom is -0.341 e. The average molecular weight is 297 g/mol. The predicted molar refractivity (Wildman–Crippen MR) is 85.3 cm³/mol. The Bertz CT molecular complexity index is 397.